The molecule has 132 valence electrons. The number of hydrogen-bond acceptors (Lipinski definition) is 7. The first-order chi connectivity index (χ1) is 11.1. The summed E-state index contributed by atoms with van der Waals surface area (Å²) in [5, 5.41) is 3.10. The van der Waals surface area contributed by atoms with Crippen LogP contribution in [0.1, 0.15) is 34.1 Å². The van der Waals surface area contributed by atoms with Crippen molar-refractivity contribution in [1.82, 2.24) is 5.32 Å². The standard InChI is InChI=1S/C17H23NO6/c1-8-13(15(22)24-6)11-7-12(14(21)23-5)16(4,18-8)17(11,9(2)19)10(3)20/h11-12,18H,7H2,1-6H3/t11-,12+,16+/m1/s1. The first-order valence-corrected chi connectivity index (χ1v) is 7.76. The van der Waals surface area contributed by atoms with Gasteiger partial charge in [0.1, 0.15) is 17.0 Å². The number of Topliss-reactive ketones (excluding diaryl/α,β-unsaturated/α-hetero) is 2. The third-order valence-electron chi connectivity index (χ3n) is 5.71. The van der Waals surface area contributed by atoms with Crippen LogP contribution in [-0.4, -0.2) is 43.3 Å². The molecule has 1 heterocycles. The molecule has 7 nitrogen and oxygen atoms in total. The zero-order valence-corrected chi connectivity index (χ0v) is 14.8. The second-order valence-electron chi connectivity index (χ2n) is 6.64. The molecule has 1 aliphatic heterocycles. The van der Waals surface area contributed by atoms with E-state index >= 15 is 0 Å². The molecule has 0 amide bonds. The Bertz CT molecular complexity index is 650. The minimum atomic E-state index is -1.52. The van der Waals surface area contributed by atoms with E-state index in [1.807, 2.05) is 0 Å². The molecule has 2 bridgehead atoms. The van der Waals surface area contributed by atoms with Gasteiger partial charge < -0.3 is 14.8 Å². The Morgan fingerprint density at radius 1 is 1.08 bits per heavy atom. The summed E-state index contributed by atoms with van der Waals surface area (Å²) in [6, 6.07) is 0. The minimum Gasteiger partial charge on any atom is -0.469 e. The fourth-order valence-corrected chi connectivity index (χ4v) is 4.87. The lowest BCUT2D eigenvalue weighted by Gasteiger charge is -2.49. The molecule has 1 saturated carbocycles. The smallest absolute Gasteiger partial charge is 0.335 e. The van der Waals surface area contributed by atoms with Crippen molar-refractivity contribution in [3.05, 3.63) is 11.3 Å². The van der Waals surface area contributed by atoms with Crippen LogP contribution in [0.5, 0.6) is 0 Å². The van der Waals surface area contributed by atoms with Gasteiger partial charge in [0.25, 0.3) is 0 Å². The van der Waals surface area contributed by atoms with Gasteiger partial charge in [-0.3, -0.25) is 14.4 Å². The van der Waals surface area contributed by atoms with E-state index < -0.39 is 34.7 Å². The van der Waals surface area contributed by atoms with Crippen molar-refractivity contribution in [3.63, 3.8) is 0 Å². The maximum Gasteiger partial charge on any atom is 0.335 e. The molecule has 0 aromatic heterocycles. The van der Waals surface area contributed by atoms with Gasteiger partial charge >= 0.3 is 11.9 Å². The number of fused-ring (bicyclic) bond motifs is 2. The maximum absolute atomic E-state index is 12.7. The van der Waals surface area contributed by atoms with Crippen molar-refractivity contribution < 1.29 is 28.7 Å². The Hall–Kier alpha value is -2.18. The molecule has 1 N–H and O–H groups in total. The molecule has 7 heteroatoms. The van der Waals surface area contributed by atoms with Gasteiger partial charge in [0.05, 0.1) is 31.2 Å². The summed E-state index contributed by atoms with van der Waals surface area (Å²) in [4.78, 5) is 49.9. The molecule has 1 aliphatic carbocycles. The monoisotopic (exact) mass is 337 g/mol. The fraction of sp³-hybridized carbons (Fsp3) is 0.647. The van der Waals surface area contributed by atoms with Crippen molar-refractivity contribution in [3.8, 4) is 0 Å². The van der Waals surface area contributed by atoms with E-state index in [-0.39, 0.29) is 23.6 Å². The molecule has 0 saturated heterocycles. The second kappa shape index (κ2) is 5.72. The summed E-state index contributed by atoms with van der Waals surface area (Å²) in [5.41, 5.74) is -1.93. The lowest BCUT2D eigenvalue weighted by molar-refractivity contribution is -0.152. The van der Waals surface area contributed by atoms with Gasteiger partial charge in [0.15, 0.2) is 0 Å². The van der Waals surface area contributed by atoms with Crippen molar-refractivity contribution in [2.24, 2.45) is 17.3 Å². The van der Waals surface area contributed by atoms with Crippen LogP contribution in [0.25, 0.3) is 0 Å². The summed E-state index contributed by atoms with van der Waals surface area (Å²) in [6.45, 7) is 6.00. The highest BCUT2D eigenvalue weighted by atomic mass is 16.5. The van der Waals surface area contributed by atoms with E-state index in [1.165, 1.54) is 28.1 Å². The number of nitrogens with one attached hydrogen (secondary N) is 1. The number of carbonyl (C=O) groups is 4. The topological polar surface area (TPSA) is 98.8 Å². The predicted molar refractivity (Wildman–Crippen MR) is 83.7 cm³/mol. The summed E-state index contributed by atoms with van der Waals surface area (Å²) >= 11 is 0. The van der Waals surface area contributed by atoms with E-state index in [9.17, 15) is 19.2 Å². The average Bonchev–Trinajstić information content (AvgIpc) is 2.69. The number of ketones is 2. The van der Waals surface area contributed by atoms with E-state index in [4.69, 9.17) is 9.47 Å². The fourth-order valence-electron chi connectivity index (χ4n) is 4.87. The number of hydrogen-bond donors (Lipinski definition) is 1. The van der Waals surface area contributed by atoms with Gasteiger partial charge in [0, 0.05) is 11.6 Å². The predicted octanol–water partition coefficient (Wildman–Crippen LogP) is 0.769. The van der Waals surface area contributed by atoms with Crippen LogP contribution in [0, 0.1) is 17.3 Å². The molecule has 0 aromatic carbocycles. The summed E-state index contributed by atoms with van der Waals surface area (Å²) in [7, 11) is 2.51. The highest BCUT2D eigenvalue weighted by Gasteiger charge is 2.73. The first kappa shape index (κ1) is 18.2. The quantitative estimate of drug-likeness (QED) is 0.597. The van der Waals surface area contributed by atoms with E-state index in [2.05, 4.69) is 5.32 Å². The lowest BCUT2D eigenvalue weighted by Crippen LogP contribution is -2.67. The molecule has 1 fully saturated rings. The maximum atomic E-state index is 12.7. The zero-order chi connectivity index (χ0) is 18.4. The van der Waals surface area contributed by atoms with Crippen molar-refractivity contribution in [2.75, 3.05) is 14.2 Å². The molecular weight excluding hydrogens is 314 g/mol. The van der Waals surface area contributed by atoms with Crippen molar-refractivity contribution >= 4 is 23.5 Å². The van der Waals surface area contributed by atoms with Gasteiger partial charge in [-0.15, -0.1) is 0 Å². The van der Waals surface area contributed by atoms with Crippen molar-refractivity contribution in [2.45, 2.75) is 39.7 Å². The van der Waals surface area contributed by atoms with Crippen LogP contribution in [0.3, 0.4) is 0 Å². The molecule has 2 rings (SSSR count). The third kappa shape index (κ3) is 1.96. The summed E-state index contributed by atoms with van der Waals surface area (Å²) in [6.07, 6.45) is 0.164. The highest BCUT2D eigenvalue weighted by Crippen LogP contribution is 2.60. The highest BCUT2D eigenvalue weighted by molar-refractivity contribution is 6.11. The van der Waals surface area contributed by atoms with Crippen molar-refractivity contribution in [1.29, 1.82) is 0 Å². The van der Waals surface area contributed by atoms with E-state index in [1.54, 1.807) is 13.8 Å². The first-order valence-electron chi connectivity index (χ1n) is 7.76. The number of methoxy groups -OCH3 is 2. The van der Waals surface area contributed by atoms with Crippen LogP contribution < -0.4 is 5.32 Å². The Kier molecular flexibility index (Phi) is 4.33. The molecule has 0 aromatic rings. The second-order valence-corrected chi connectivity index (χ2v) is 6.64. The van der Waals surface area contributed by atoms with E-state index in [0.29, 0.717) is 5.70 Å². The molecule has 0 unspecified atom stereocenters. The van der Waals surface area contributed by atoms with Gasteiger partial charge in [-0.05, 0) is 34.1 Å². The molecule has 0 spiro atoms. The zero-order valence-electron chi connectivity index (χ0n) is 14.8. The normalized spacial score (nSPS) is 30.4. The Balaban J connectivity index is 2.80. The third-order valence-corrected chi connectivity index (χ3v) is 5.71. The molecule has 2 aliphatic rings. The summed E-state index contributed by atoms with van der Waals surface area (Å²) in [5.74, 6) is -3.35. The van der Waals surface area contributed by atoms with Gasteiger partial charge in [-0.1, -0.05) is 0 Å². The van der Waals surface area contributed by atoms with Crippen LogP contribution in [-0.2, 0) is 28.7 Å². The molecular formula is C17H23NO6. The van der Waals surface area contributed by atoms with Gasteiger partial charge in [-0.2, -0.15) is 0 Å². The number of esters is 2. The Labute approximate surface area is 140 Å². The lowest BCUT2D eigenvalue weighted by atomic mass is 9.58. The number of carbonyl (C=O) groups excluding carboxylic acids is 4. The molecule has 24 heavy (non-hydrogen) atoms. The van der Waals surface area contributed by atoms with Crippen LogP contribution in [0.4, 0.5) is 0 Å². The Morgan fingerprint density at radius 2 is 1.62 bits per heavy atom. The largest absolute Gasteiger partial charge is 0.469 e. The van der Waals surface area contributed by atoms with Crippen LogP contribution in [0.2, 0.25) is 0 Å². The van der Waals surface area contributed by atoms with Crippen LogP contribution in [0.15, 0.2) is 11.3 Å². The molecule has 0 radical (unpaired) electrons. The SMILES string of the molecule is COC(=O)C1=C(C)N[C@@]2(C)[C@H](C(=O)OC)C[C@H]1C2(C(C)=O)C(C)=O. The minimum absolute atomic E-state index is 0.164. The number of allylic oxidation sites excluding steroid dienone is 1. The van der Waals surface area contributed by atoms with Gasteiger partial charge in [-0.25, -0.2) is 4.79 Å². The summed E-state index contributed by atoms with van der Waals surface area (Å²) < 4.78 is 9.72. The average molecular weight is 337 g/mol. The van der Waals surface area contributed by atoms with Crippen LogP contribution >= 0.6 is 0 Å². The Morgan fingerprint density at radius 3 is 2.04 bits per heavy atom. The number of rotatable bonds is 4. The number of ether oxygens (including phenoxy) is 2. The molecule has 3 atom stereocenters. The van der Waals surface area contributed by atoms with E-state index in [0.717, 1.165) is 0 Å². The van der Waals surface area contributed by atoms with Gasteiger partial charge in [0.2, 0.25) is 0 Å².